The van der Waals surface area contributed by atoms with Crippen molar-refractivity contribution in [2.75, 3.05) is 5.32 Å². The first-order valence-electron chi connectivity index (χ1n) is 5.04. The van der Waals surface area contributed by atoms with Crippen molar-refractivity contribution in [1.82, 2.24) is 19.8 Å². The van der Waals surface area contributed by atoms with Crippen LogP contribution in [0.4, 0.5) is 5.82 Å². The van der Waals surface area contributed by atoms with Crippen LogP contribution in [0.1, 0.15) is 5.76 Å². The minimum absolute atomic E-state index is 0.360. The van der Waals surface area contributed by atoms with Crippen LogP contribution in [0.5, 0.6) is 0 Å². The van der Waals surface area contributed by atoms with Crippen LogP contribution in [-0.4, -0.2) is 19.8 Å². The van der Waals surface area contributed by atoms with Crippen molar-refractivity contribution in [1.29, 1.82) is 0 Å². The number of hydrogen-bond donors (Lipinski definition) is 2. The van der Waals surface area contributed by atoms with Gasteiger partial charge in [-0.2, -0.15) is 9.61 Å². The maximum Gasteiger partial charge on any atom is 0.364 e. The van der Waals surface area contributed by atoms with Gasteiger partial charge in [-0.3, -0.25) is 0 Å². The number of anilines is 1. The lowest BCUT2D eigenvalue weighted by Gasteiger charge is -2.02. The van der Waals surface area contributed by atoms with Gasteiger partial charge in [-0.1, -0.05) is 0 Å². The third-order valence-electron chi connectivity index (χ3n) is 2.30. The average molecular weight is 231 g/mol. The standard InChI is InChI=1S/C10H9N5O2/c16-10-13-12-9-4-3-8(14-15(9)10)11-6-7-2-1-5-17-7/h1-5H,6H2,(H,11,14)(H,13,16). The van der Waals surface area contributed by atoms with Crippen molar-refractivity contribution in [2.45, 2.75) is 6.54 Å². The van der Waals surface area contributed by atoms with Crippen LogP contribution >= 0.6 is 0 Å². The van der Waals surface area contributed by atoms with Gasteiger partial charge in [0.25, 0.3) is 0 Å². The highest BCUT2D eigenvalue weighted by Crippen LogP contribution is 2.06. The van der Waals surface area contributed by atoms with E-state index in [0.29, 0.717) is 18.0 Å². The molecular formula is C10H9N5O2. The molecule has 2 N–H and O–H groups in total. The molecule has 7 heteroatoms. The van der Waals surface area contributed by atoms with Crippen LogP contribution in [0, 0.1) is 0 Å². The van der Waals surface area contributed by atoms with Gasteiger partial charge < -0.3 is 9.73 Å². The number of fused-ring (bicyclic) bond motifs is 1. The van der Waals surface area contributed by atoms with Crippen molar-refractivity contribution < 1.29 is 4.42 Å². The van der Waals surface area contributed by atoms with Crippen LogP contribution < -0.4 is 11.0 Å². The van der Waals surface area contributed by atoms with Crippen molar-refractivity contribution in [3.8, 4) is 0 Å². The van der Waals surface area contributed by atoms with Gasteiger partial charge in [0, 0.05) is 0 Å². The topological polar surface area (TPSA) is 88.2 Å². The molecule has 0 saturated carbocycles. The normalized spacial score (nSPS) is 10.8. The third-order valence-corrected chi connectivity index (χ3v) is 2.30. The average Bonchev–Trinajstić information content (AvgIpc) is 2.97. The molecular weight excluding hydrogens is 222 g/mol. The molecule has 0 bridgehead atoms. The summed E-state index contributed by atoms with van der Waals surface area (Å²) in [5, 5.41) is 13.2. The number of nitrogens with one attached hydrogen (secondary N) is 2. The number of furan rings is 1. The first-order chi connectivity index (χ1) is 8.33. The van der Waals surface area contributed by atoms with Gasteiger partial charge in [0.1, 0.15) is 11.6 Å². The molecule has 3 rings (SSSR count). The van der Waals surface area contributed by atoms with Gasteiger partial charge in [0.2, 0.25) is 0 Å². The minimum atomic E-state index is -0.360. The second-order valence-corrected chi connectivity index (χ2v) is 3.45. The highest BCUT2D eigenvalue weighted by molar-refractivity contribution is 5.42. The Hall–Kier alpha value is -2.57. The molecule has 0 amide bonds. The second-order valence-electron chi connectivity index (χ2n) is 3.45. The van der Waals surface area contributed by atoms with E-state index in [9.17, 15) is 4.79 Å². The molecule has 0 atom stereocenters. The fourth-order valence-corrected chi connectivity index (χ4v) is 1.49. The molecule has 0 aliphatic heterocycles. The summed E-state index contributed by atoms with van der Waals surface area (Å²) in [5.41, 5.74) is 0.125. The molecule has 3 heterocycles. The van der Waals surface area contributed by atoms with Gasteiger partial charge in [0.05, 0.1) is 12.8 Å². The van der Waals surface area contributed by atoms with Gasteiger partial charge in [-0.05, 0) is 24.3 Å². The van der Waals surface area contributed by atoms with Crippen molar-refractivity contribution in [2.24, 2.45) is 0 Å². The maximum absolute atomic E-state index is 11.3. The summed E-state index contributed by atoms with van der Waals surface area (Å²) < 4.78 is 6.37. The molecule has 0 aromatic carbocycles. The Morgan fingerprint density at radius 2 is 2.35 bits per heavy atom. The lowest BCUT2D eigenvalue weighted by molar-refractivity contribution is 0.517. The molecule has 3 aromatic heterocycles. The van der Waals surface area contributed by atoms with E-state index in [4.69, 9.17) is 4.42 Å². The van der Waals surface area contributed by atoms with Crippen LogP contribution in [-0.2, 0) is 6.54 Å². The number of nitrogens with zero attached hydrogens (tertiary/aromatic N) is 3. The summed E-state index contributed by atoms with van der Waals surface area (Å²) in [4.78, 5) is 11.3. The lowest BCUT2D eigenvalue weighted by atomic mass is 10.4. The smallest absolute Gasteiger partial charge is 0.364 e. The summed E-state index contributed by atoms with van der Waals surface area (Å²) in [7, 11) is 0. The third kappa shape index (κ3) is 1.78. The predicted molar refractivity (Wildman–Crippen MR) is 59.6 cm³/mol. The Bertz CT molecular complexity index is 682. The molecule has 0 fully saturated rings. The SMILES string of the molecule is O=c1[nH]nc2ccc(NCc3ccco3)nn12. The van der Waals surface area contributed by atoms with Crippen LogP contribution in [0.2, 0.25) is 0 Å². The highest BCUT2D eigenvalue weighted by atomic mass is 16.3. The number of hydrogen-bond acceptors (Lipinski definition) is 5. The second kappa shape index (κ2) is 3.78. The molecule has 0 spiro atoms. The molecule has 0 radical (unpaired) electrons. The van der Waals surface area contributed by atoms with Gasteiger partial charge in [0.15, 0.2) is 5.65 Å². The number of aromatic nitrogens is 4. The largest absolute Gasteiger partial charge is 0.467 e. The van der Waals surface area contributed by atoms with Gasteiger partial charge in [-0.15, -0.1) is 5.10 Å². The molecule has 0 aliphatic carbocycles. The quantitative estimate of drug-likeness (QED) is 0.690. The van der Waals surface area contributed by atoms with Crippen LogP contribution in [0.25, 0.3) is 5.65 Å². The zero-order chi connectivity index (χ0) is 11.7. The monoisotopic (exact) mass is 231 g/mol. The van der Waals surface area contributed by atoms with Crippen molar-refractivity contribution in [3.05, 3.63) is 46.8 Å². The Morgan fingerprint density at radius 1 is 1.41 bits per heavy atom. The molecule has 17 heavy (non-hydrogen) atoms. The minimum Gasteiger partial charge on any atom is -0.467 e. The molecule has 7 nitrogen and oxygen atoms in total. The van der Waals surface area contributed by atoms with E-state index < -0.39 is 0 Å². The van der Waals surface area contributed by atoms with Gasteiger partial charge >= 0.3 is 5.69 Å². The highest BCUT2D eigenvalue weighted by Gasteiger charge is 2.02. The zero-order valence-corrected chi connectivity index (χ0v) is 8.75. The molecule has 3 aromatic rings. The number of H-pyrrole nitrogens is 1. The van der Waals surface area contributed by atoms with Gasteiger partial charge in [-0.25, -0.2) is 9.89 Å². The Morgan fingerprint density at radius 3 is 3.18 bits per heavy atom. The fraction of sp³-hybridized carbons (Fsp3) is 0.100. The summed E-state index contributed by atoms with van der Waals surface area (Å²) >= 11 is 0. The van der Waals surface area contributed by atoms with E-state index >= 15 is 0 Å². The predicted octanol–water partition coefficient (Wildman–Crippen LogP) is 0.623. The van der Waals surface area contributed by atoms with E-state index in [0.717, 1.165) is 5.76 Å². The maximum atomic E-state index is 11.3. The first kappa shape index (κ1) is 9.64. The first-order valence-corrected chi connectivity index (χ1v) is 5.04. The summed E-state index contributed by atoms with van der Waals surface area (Å²) in [6.07, 6.45) is 1.61. The zero-order valence-electron chi connectivity index (χ0n) is 8.75. The molecule has 0 unspecified atom stereocenters. The summed E-state index contributed by atoms with van der Waals surface area (Å²) in [5.74, 6) is 1.38. The summed E-state index contributed by atoms with van der Waals surface area (Å²) in [6.45, 7) is 0.512. The van der Waals surface area contributed by atoms with E-state index in [2.05, 4.69) is 20.6 Å². The van der Waals surface area contributed by atoms with Crippen LogP contribution in [0.3, 0.4) is 0 Å². The molecule has 0 aliphatic rings. The Labute approximate surface area is 95.1 Å². The van der Waals surface area contributed by atoms with E-state index in [1.807, 2.05) is 12.1 Å². The summed E-state index contributed by atoms with van der Waals surface area (Å²) in [6, 6.07) is 7.12. The van der Waals surface area contributed by atoms with Crippen molar-refractivity contribution >= 4 is 11.5 Å². The molecule has 0 saturated heterocycles. The van der Waals surface area contributed by atoms with E-state index in [1.54, 1.807) is 18.4 Å². The van der Waals surface area contributed by atoms with Crippen molar-refractivity contribution in [3.63, 3.8) is 0 Å². The Kier molecular flexibility index (Phi) is 2.14. The van der Waals surface area contributed by atoms with E-state index in [1.165, 1.54) is 4.52 Å². The van der Waals surface area contributed by atoms with Crippen LogP contribution in [0.15, 0.2) is 39.7 Å². The molecule has 86 valence electrons. The number of aromatic amines is 1. The van der Waals surface area contributed by atoms with E-state index in [-0.39, 0.29) is 5.69 Å². The number of rotatable bonds is 3. The Balaban J connectivity index is 1.85. The fourth-order valence-electron chi connectivity index (χ4n) is 1.49. The lowest BCUT2D eigenvalue weighted by Crippen LogP contribution is -2.13.